The van der Waals surface area contributed by atoms with Crippen LogP contribution in [0.1, 0.15) is 32.6 Å². The predicted octanol–water partition coefficient (Wildman–Crippen LogP) is 3.59. The number of hydrogen-bond donors (Lipinski definition) is 0. The molecule has 3 nitrogen and oxygen atoms in total. The second-order valence-electron chi connectivity index (χ2n) is 5.13. The number of ether oxygens (including phenoxy) is 1. The Bertz CT molecular complexity index is 470. The summed E-state index contributed by atoms with van der Waals surface area (Å²) in [5, 5.41) is 0. The third-order valence-electron chi connectivity index (χ3n) is 3.67. The Kier molecular flexibility index (Phi) is 5.22. The molecule has 0 radical (unpaired) electrons. The van der Waals surface area contributed by atoms with Crippen molar-refractivity contribution in [2.45, 2.75) is 38.6 Å². The molecule has 1 aliphatic heterocycles. The minimum atomic E-state index is -0.0902. The van der Waals surface area contributed by atoms with Gasteiger partial charge in [-0.25, -0.2) is 0 Å². The minimum absolute atomic E-state index is 0.0902. The number of rotatable bonds is 6. The zero-order valence-corrected chi connectivity index (χ0v) is 12.2. The van der Waals surface area contributed by atoms with Gasteiger partial charge in [0.05, 0.1) is 18.3 Å². The van der Waals surface area contributed by atoms with E-state index in [9.17, 15) is 4.79 Å². The number of carbonyl (C=O) groups is 1. The van der Waals surface area contributed by atoms with Gasteiger partial charge in [-0.2, -0.15) is 0 Å². The van der Waals surface area contributed by atoms with Gasteiger partial charge in [-0.3, -0.25) is 4.79 Å². The van der Waals surface area contributed by atoms with E-state index < -0.39 is 0 Å². The van der Waals surface area contributed by atoms with Crippen LogP contribution in [0.3, 0.4) is 0 Å². The fourth-order valence-corrected chi connectivity index (χ4v) is 2.68. The Hall–Kier alpha value is -1.77. The fraction of sp³-hybridized carbons (Fsp3) is 0.471. The summed E-state index contributed by atoms with van der Waals surface area (Å²) in [7, 11) is 0. The third kappa shape index (κ3) is 3.21. The first kappa shape index (κ1) is 14.6. The van der Waals surface area contributed by atoms with Crippen molar-refractivity contribution in [1.29, 1.82) is 0 Å². The Morgan fingerprint density at radius 1 is 1.45 bits per heavy atom. The maximum absolute atomic E-state index is 12.1. The van der Waals surface area contributed by atoms with Crippen LogP contribution in [0, 0.1) is 0 Å². The van der Waals surface area contributed by atoms with Crippen molar-refractivity contribution in [2.24, 2.45) is 0 Å². The summed E-state index contributed by atoms with van der Waals surface area (Å²) in [5.74, 6) is 0.980. The van der Waals surface area contributed by atoms with Gasteiger partial charge in [0.1, 0.15) is 5.75 Å². The number of carbonyl (C=O) groups excluding carboxylic acids is 1. The fourth-order valence-electron chi connectivity index (χ4n) is 2.68. The first-order chi connectivity index (χ1) is 9.77. The number of para-hydroxylation sites is 2. The van der Waals surface area contributed by atoms with Crippen molar-refractivity contribution in [2.75, 3.05) is 18.1 Å². The lowest BCUT2D eigenvalue weighted by atomic mass is 9.97. The molecule has 3 heteroatoms. The number of anilines is 1. The lowest BCUT2D eigenvalue weighted by Gasteiger charge is -2.36. The molecule has 0 saturated carbocycles. The van der Waals surface area contributed by atoms with Crippen LogP contribution in [0.15, 0.2) is 36.9 Å². The molecule has 2 rings (SSSR count). The van der Waals surface area contributed by atoms with Crippen LogP contribution in [0.5, 0.6) is 5.75 Å². The van der Waals surface area contributed by atoms with Gasteiger partial charge in [-0.1, -0.05) is 25.6 Å². The molecule has 1 fully saturated rings. The van der Waals surface area contributed by atoms with E-state index in [4.69, 9.17) is 4.74 Å². The van der Waals surface area contributed by atoms with Crippen molar-refractivity contribution in [3.8, 4) is 5.75 Å². The maximum atomic E-state index is 12.1. The number of hydrogen-bond acceptors (Lipinski definition) is 3. The van der Waals surface area contributed by atoms with Gasteiger partial charge in [0, 0.05) is 6.54 Å². The molecule has 0 spiro atoms. The average Bonchev–Trinajstić information content (AvgIpc) is 2.52. The molecule has 1 saturated heterocycles. The largest absolute Gasteiger partial charge is 0.491 e. The van der Waals surface area contributed by atoms with Crippen molar-refractivity contribution >= 4 is 11.5 Å². The van der Waals surface area contributed by atoms with Crippen molar-refractivity contribution < 1.29 is 9.53 Å². The zero-order chi connectivity index (χ0) is 14.4. The minimum Gasteiger partial charge on any atom is -0.491 e. The quantitative estimate of drug-likeness (QED) is 0.742. The topological polar surface area (TPSA) is 29.5 Å². The molecule has 0 bridgehead atoms. The summed E-state index contributed by atoms with van der Waals surface area (Å²) in [6.45, 7) is 7.32. The second-order valence-corrected chi connectivity index (χ2v) is 5.13. The second kappa shape index (κ2) is 7.13. The maximum Gasteiger partial charge on any atom is 0.177 e. The summed E-state index contributed by atoms with van der Waals surface area (Å²) in [6, 6.07) is 7.91. The standard InChI is InChI=1S/C17H23NO2/c1-3-13-20-17-11-6-5-10-15(17)18-12-8-7-9-14(18)16(19)4-2/h4-6,10-11,14H,2-3,7-9,12-13H2,1H3. The molecular weight excluding hydrogens is 250 g/mol. The summed E-state index contributed by atoms with van der Waals surface area (Å²) < 4.78 is 5.82. The molecule has 1 aromatic rings. The average molecular weight is 273 g/mol. The summed E-state index contributed by atoms with van der Waals surface area (Å²) in [5.41, 5.74) is 1.03. The Labute approximate surface area is 121 Å². The number of nitrogens with zero attached hydrogens (tertiary/aromatic N) is 1. The van der Waals surface area contributed by atoms with Gasteiger partial charge in [0.25, 0.3) is 0 Å². The summed E-state index contributed by atoms with van der Waals surface area (Å²) in [4.78, 5) is 14.3. The third-order valence-corrected chi connectivity index (χ3v) is 3.67. The normalized spacial score (nSPS) is 18.6. The monoisotopic (exact) mass is 273 g/mol. The molecule has 0 aromatic heterocycles. The predicted molar refractivity (Wildman–Crippen MR) is 82.4 cm³/mol. The molecule has 0 aliphatic carbocycles. The summed E-state index contributed by atoms with van der Waals surface area (Å²) in [6.07, 6.45) is 5.52. The highest BCUT2D eigenvalue weighted by Crippen LogP contribution is 2.33. The van der Waals surface area contributed by atoms with E-state index in [2.05, 4.69) is 18.4 Å². The van der Waals surface area contributed by atoms with Gasteiger partial charge in [-0.05, 0) is 43.9 Å². The van der Waals surface area contributed by atoms with Crippen LogP contribution in [0.25, 0.3) is 0 Å². The number of benzene rings is 1. The van der Waals surface area contributed by atoms with E-state index >= 15 is 0 Å². The molecule has 1 aliphatic rings. The molecule has 1 unspecified atom stereocenters. The molecule has 1 aromatic carbocycles. The SMILES string of the molecule is C=CC(=O)C1CCCCN1c1ccccc1OCCC. The van der Waals surface area contributed by atoms with Gasteiger partial charge in [0.15, 0.2) is 5.78 Å². The van der Waals surface area contributed by atoms with E-state index in [0.29, 0.717) is 6.61 Å². The van der Waals surface area contributed by atoms with Crippen molar-refractivity contribution in [1.82, 2.24) is 0 Å². The van der Waals surface area contributed by atoms with E-state index in [1.807, 2.05) is 24.3 Å². The molecule has 0 N–H and O–H groups in total. The molecule has 0 amide bonds. The highest BCUT2D eigenvalue weighted by atomic mass is 16.5. The first-order valence-corrected chi connectivity index (χ1v) is 7.42. The smallest absolute Gasteiger partial charge is 0.177 e. The molecule has 20 heavy (non-hydrogen) atoms. The van der Waals surface area contributed by atoms with Crippen LogP contribution < -0.4 is 9.64 Å². The molecule has 108 valence electrons. The van der Waals surface area contributed by atoms with Crippen LogP contribution in [-0.4, -0.2) is 25.0 Å². The van der Waals surface area contributed by atoms with E-state index in [1.165, 1.54) is 6.08 Å². The Morgan fingerprint density at radius 2 is 2.25 bits per heavy atom. The van der Waals surface area contributed by atoms with Crippen LogP contribution in [0.4, 0.5) is 5.69 Å². The van der Waals surface area contributed by atoms with Gasteiger partial charge < -0.3 is 9.64 Å². The van der Waals surface area contributed by atoms with E-state index in [1.54, 1.807) is 0 Å². The molecule has 1 heterocycles. The van der Waals surface area contributed by atoms with Gasteiger partial charge in [-0.15, -0.1) is 0 Å². The lowest BCUT2D eigenvalue weighted by molar-refractivity contribution is -0.116. The molecular formula is C17H23NO2. The van der Waals surface area contributed by atoms with Crippen LogP contribution in [-0.2, 0) is 4.79 Å². The van der Waals surface area contributed by atoms with Crippen LogP contribution >= 0.6 is 0 Å². The number of ketones is 1. The highest BCUT2D eigenvalue weighted by molar-refractivity contribution is 5.96. The van der Waals surface area contributed by atoms with Crippen molar-refractivity contribution in [3.05, 3.63) is 36.9 Å². The van der Waals surface area contributed by atoms with Gasteiger partial charge in [0.2, 0.25) is 0 Å². The first-order valence-electron chi connectivity index (χ1n) is 7.42. The van der Waals surface area contributed by atoms with Crippen LogP contribution in [0.2, 0.25) is 0 Å². The Morgan fingerprint density at radius 3 is 3.00 bits per heavy atom. The lowest BCUT2D eigenvalue weighted by Crippen LogP contribution is -2.44. The van der Waals surface area contributed by atoms with E-state index in [0.717, 1.165) is 43.7 Å². The Balaban J connectivity index is 2.27. The molecule has 1 atom stereocenters. The zero-order valence-electron chi connectivity index (χ0n) is 12.2. The van der Waals surface area contributed by atoms with E-state index in [-0.39, 0.29) is 11.8 Å². The number of piperidine rings is 1. The van der Waals surface area contributed by atoms with Gasteiger partial charge >= 0.3 is 0 Å². The highest BCUT2D eigenvalue weighted by Gasteiger charge is 2.28. The van der Waals surface area contributed by atoms with Crippen molar-refractivity contribution in [3.63, 3.8) is 0 Å². The summed E-state index contributed by atoms with van der Waals surface area (Å²) >= 11 is 0.